The standard InChI is InChI=1S/C48H34N2/c1-3-12-33(13-4-1)35-14-11-15-36(30-35)34-22-26-40(27-23-34)50-46-21-10-8-19-42(46)44-32-38(25-29-48(44)50)37-24-28-47-43(31-37)41-18-7-9-20-45(41)49(47)39-16-5-2-6-17-39/h1-26,28-32,40H,27H2. The van der Waals surface area contributed by atoms with Crippen molar-refractivity contribution in [3.8, 4) is 27.9 Å². The lowest BCUT2D eigenvalue weighted by Gasteiger charge is -2.21. The molecule has 0 fully saturated rings. The Balaban J connectivity index is 1.03. The van der Waals surface area contributed by atoms with Crippen LogP contribution in [0.3, 0.4) is 0 Å². The lowest BCUT2D eigenvalue weighted by atomic mass is 9.94. The van der Waals surface area contributed by atoms with Gasteiger partial charge in [-0.25, -0.2) is 0 Å². The number of nitrogens with zero attached hydrogens (tertiary/aromatic N) is 2. The minimum absolute atomic E-state index is 0.241. The summed E-state index contributed by atoms with van der Waals surface area (Å²) >= 11 is 0. The Morgan fingerprint density at radius 2 is 0.940 bits per heavy atom. The van der Waals surface area contributed by atoms with Gasteiger partial charge in [-0.2, -0.15) is 0 Å². The van der Waals surface area contributed by atoms with Crippen molar-refractivity contribution < 1.29 is 0 Å². The molecule has 50 heavy (non-hydrogen) atoms. The van der Waals surface area contributed by atoms with Gasteiger partial charge in [-0.05, 0) is 94.4 Å². The Kier molecular flexibility index (Phi) is 6.67. The number of aromatic nitrogens is 2. The largest absolute Gasteiger partial charge is 0.333 e. The molecule has 2 heterocycles. The first-order valence-corrected chi connectivity index (χ1v) is 17.5. The predicted molar refractivity (Wildman–Crippen MR) is 212 cm³/mol. The van der Waals surface area contributed by atoms with Crippen molar-refractivity contribution in [3.05, 3.63) is 194 Å². The van der Waals surface area contributed by atoms with E-state index in [-0.39, 0.29) is 6.04 Å². The summed E-state index contributed by atoms with van der Waals surface area (Å²) in [4.78, 5) is 0. The maximum atomic E-state index is 2.54. The molecular formula is C48H34N2. The molecule has 0 saturated heterocycles. The Morgan fingerprint density at radius 1 is 0.400 bits per heavy atom. The predicted octanol–water partition coefficient (Wildman–Crippen LogP) is 12.8. The van der Waals surface area contributed by atoms with E-state index in [1.54, 1.807) is 0 Å². The molecule has 2 heteroatoms. The van der Waals surface area contributed by atoms with E-state index >= 15 is 0 Å². The van der Waals surface area contributed by atoms with Crippen LogP contribution in [0.15, 0.2) is 188 Å². The van der Waals surface area contributed by atoms with Crippen LogP contribution in [-0.4, -0.2) is 9.13 Å². The second kappa shape index (κ2) is 11.6. The molecule has 0 bridgehead atoms. The molecule has 0 amide bonds. The number of hydrogen-bond donors (Lipinski definition) is 0. The van der Waals surface area contributed by atoms with Crippen LogP contribution in [0.5, 0.6) is 0 Å². The van der Waals surface area contributed by atoms with Crippen LogP contribution in [0.25, 0.3) is 77.1 Å². The Bertz CT molecular complexity index is 2780. The molecule has 2 aromatic heterocycles. The van der Waals surface area contributed by atoms with Crippen molar-refractivity contribution >= 4 is 49.2 Å². The fraction of sp³-hybridized carbons (Fsp3) is 0.0417. The van der Waals surface area contributed by atoms with Crippen LogP contribution in [0.2, 0.25) is 0 Å². The van der Waals surface area contributed by atoms with Crippen molar-refractivity contribution in [3.63, 3.8) is 0 Å². The van der Waals surface area contributed by atoms with Crippen LogP contribution >= 0.6 is 0 Å². The molecule has 1 unspecified atom stereocenters. The van der Waals surface area contributed by atoms with E-state index in [2.05, 4.69) is 197 Å². The van der Waals surface area contributed by atoms with E-state index in [9.17, 15) is 0 Å². The quantitative estimate of drug-likeness (QED) is 0.178. The minimum Gasteiger partial charge on any atom is -0.333 e. The van der Waals surface area contributed by atoms with Crippen LogP contribution in [0.4, 0.5) is 0 Å². The van der Waals surface area contributed by atoms with Crippen molar-refractivity contribution in [2.75, 3.05) is 0 Å². The summed E-state index contributed by atoms with van der Waals surface area (Å²) in [6, 6.07) is 62.0. The first kappa shape index (κ1) is 28.6. The molecule has 1 atom stereocenters. The third-order valence-corrected chi connectivity index (χ3v) is 10.4. The molecule has 0 spiro atoms. The molecule has 0 radical (unpaired) electrons. The zero-order valence-electron chi connectivity index (χ0n) is 27.6. The van der Waals surface area contributed by atoms with Crippen molar-refractivity contribution in [2.45, 2.75) is 12.5 Å². The van der Waals surface area contributed by atoms with Gasteiger partial charge in [-0.3, -0.25) is 0 Å². The third kappa shape index (κ3) is 4.64. The van der Waals surface area contributed by atoms with Gasteiger partial charge >= 0.3 is 0 Å². The highest BCUT2D eigenvalue weighted by Gasteiger charge is 2.20. The van der Waals surface area contributed by atoms with Gasteiger partial charge in [0.1, 0.15) is 0 Å². The molecule has 236 valence electrons. The topological polar surface area (TPSA) is 9.86 Å². The zero-order chi connectivity index (χ0) is 33.0. The highest BCUT2D eigenvalue weighted by molar-refractivity contribution is 6.12. The molecule has 0 aliphatic heterocycles. The van der Waals surface area contributed by atoms with Gasteiger partial charge in [0.25, 0.3) is 0 Å². The Morgan fingerprint density at radius 3 is 1.68 bits per heavy atom. The van der Waals surface area contributed by atoms with Crippen LogP contribution in [0.1, 0.15) is 18.0 Å². The van der Waals surface area contributed by atoms with E-state index in [0.29, 0.717) is 0 Å². The van der Waals surface area contributed by atoms with Gasteiger partial charge in [0, 0.05) is 38.3 Å². The maximum Gasteiger partial charge on any atom is 0.0560 e. The number of allylic oxidation sites excluding steroid dienone is 4. The Hall–Kier alpha value is -6.38. The molecule has 10 rings (SSSR count). The van der Waals surface area contributed by atoms with Crippen molar-refractivity contribution in [1.29, 1.82) is 0 Å². The normalized spacial score (nSPS) is 14.6. The summed E-state index contributed by atoms with van der Waals surface area (Å²) in [7, 11) is 0. The lowest BCUT2D eigenvalue weighted by Crippen LogP contribution is -2.08. The highest BCUT2D eigenvalue weighted by atomic mass is 15.0. The average Bonchev–Trinajstić information content (AvgIpc) is 3.71. The van der Waals surface area contributed by atoms with Crippen molar-refractivity contribution in [1.82, 2.24) is 9.13 Å². The molecule has 0 N–H and O–H groups in total. The number of rotatable bonds is 5. The molecule has 2 nitrogen and oxygen atoms in total. The van der Waals surface area contributed by atoms with E-state index in [0.717, 1.165) is 6.42 Å². The number of hydrogen-bond acceptors (Lipinski definition) is 0. The first-order chi connectivity index (χ1) is 24.8. The van der Waals surface area contributed by atoms with E-state index in [1.165, 1.54) is 82.7 Å². The SMILES string of the molecule is C1=CC(n2c3ccccc3c3cc(-c4ccc5c(c4)c4ccccc4n5-c4ccccc4)ccc32)CC=C1c1cccc(-c2ccccc2)c1. The first-order valence-electron chi connectivity index (χ1n) is 17.5. The highest BCUT2D eigenvalue weighted by Crippen LogP contribution is 2.40. The molecule has 1 aliphatic rings. The van der Waals surface area contributed by atoms with E-state index in [1.807, 2.05) is 0 Å². The fourth-order valence-electron chi connectivity index (χ4n) is 8.07. The second-order valence-electron chi connectivity index (χ2n) is 13.3. The number of benzene rings is 7. The van der Waals surface area contributed by atoms with Gasteiger partial charge < -0.3 is 9.13 Å². The van der Waals surface area contributed by atoms with Gasteiger partial charge in [0.15, 0.2) is 0 Å². The maximum absolute atomic E-state index is 2.54. The number of para-hydroxylation sites is 3. The summed E-state index contributed by atoms with van der Waals surface area (Å²) in [6.07, 6.45) is 8.05. The van der Waals surface area contributed by atoms with Gasteiger partial charge in [-0.15, -0.1) is 0 Å². The summed E-state index contributed by atoms with van der Waals surface area (Å²) in [5.74, 6) is 0. The Labute approximate surface area is 291 Å². The lowest BCUT2D eigenvalue weighted by molar-refractivity contribution is 0.649. The summed E-state index contributed by atoms with van der Waals surface area (Å²) in [5.41, 5.74) is 13.7. The molecule has 1 aliphatic carbocycles. The van der Waals surface area contributed by atoms with Gasteiger partial charge in [0.2, 0.25) is 0 Å². The average molecular weight is 639 g/mol. The second-order valence-corrected chi connectivity index (χ2v) is 13.3. The summed E-state index contributed by atoms with van der Waals surface area (Å²) < 4.78 is 4.91. The molecular weight excluding hydrogens is 605 g/mol. The van der Waals surface area contributed by atoms with Crippen LogP contribution in [-0.2, 0) is 0 Å². The van der Waals surface area contributed by atoms with Gasteiger partial charge in [0.05, 0.1) is 17.1 Å². The molecule has 0 saturated carbocycles. The van der Waals surface area contributed by atoms with Crippen molar-refractivity contribution in [2.24, 2.45) is 0 Å². The molecule has 9 aromatic rings. The third-order valence-electron chi connectivity index (χ3n) is 10.4. The monoisotopic (exact) mass is 638 g/mol. The molecule has 7 aromatic carbocycles. The minimum atomic E-state index is 0.241. The van der Waals surface area contributed by atoms with Gasteiger partial charge in [-0.1, -0.05) is 133 Å². The smallest absolute Gasteiger partial charge is 0.0560 e. The van der Waals surface area contributed by atoms with Crippen LogP contribution in [0, 0.1) is 0 Å². The summed E-state index contributed by atoms with van der Waals surface area (Å²) in [5, 5.41) is 5.14. The zero-order valence-corrected chi connectivity index (χ0v) is 27.6. The van der Waals surface area contributed by atoms with E-state index in [4.69, 9.17) is 0 Å². The number of fused-ring (bicyclic) bond motifs is 6. The van der Waals surface area contributed by atoms with E-state index < -0.39 is 0 Å². The summed E-state index contributed by atoms with van der Waals surface area (Å²) in [6.45, 7) is 0. The fourth-order valence-corrected chi connectivity index (χ4v) is 8.07. The van der Waals surface area contributed by atoms with Crippen LogP contribution < -0.4 is 0 Å².